The Hall–Kier alpha value is -1.12. The monoisotopic (exact) mass is 350 g/mol. The fourth-order valence-corrected chi connectivity index (χ4v) is 2.65. The van der Waals surface area contributed by atoms with Crippen LogP contribution >= 0.6 is 27.5 Å². The molecule has 0 bridgehead atoms. The SMILES string of the molecule is CCc1ccc(CC)c(C(=O)c2ccc(Cl)c(Br)c2)c1. The third-order valence-electron chi connectivity index (χ3n) is 3.39. The number of aryl methyl sites for hydroxylation is 2. The molecule has 1 nitrogen and oxygen atoms in total. The molecule has 0 aliphatic carbocycles. The summed E-state index contributed by atoms with van der Waals surface area (Å²) in [7, 11) is 0. The van der Waals surface area contributed by atoms with E-state index in [1.54, 1.807) is 18.2 Å². The summed E-state index contributed by atoms with van der Waals surface area (Å²) in [6.45, 7) is 4.16. The Labute approximate surface area is 133 Å². The summed E-state index contributed by atoms with van der Waals surface area (Å²) >= 11 is 9.35. The minimum Gasteiger partial charge on any atom is -0.289 e. The van der Waals surface area contributed by atoms with Gasteiger partial charge in [-0.05, 0) is 64.2 Å². The summed E-state index contributed by atoms with van der Waals surface area (Å²) in [6.07, 6.45) is 1.77. The molecule has 0 spiro atoms. The smallest absolute Gasteiger partial charge is 0.193 e. The molecule has 0 aliphatic heterocycles. The number of halogens is 2. The molecule has 2 aromatic carbocycles. The number of hydrogen-bond donors (Lipinski definition) is 0. The summed E-state index contributed by atoms with van der Waals surface area (Å²) in [4.78, 5) is 12.7. The topological polar surface area (TPSA) is 17.1 Å². The average molecular weight is 352 g/mol. The minimum atomic E-state index is 0.0505. The molecule has 0 saturated heterocycles. The van der Waals surface area contributed by atoms with Crippen LogP contribution in [0.1, 0.15) is 40.9 Å². The van der Waals surface area contributed by atoms with Crippen LogP contribution in [0.25, 0.3) is 0 Å². The van der Waals surface area contributed by atoms with Crippen molar-refractivity contribution in [2.75, 3.05) is 0 Å². The molecule has 2 rings (SSSR count). The number of rotatable bonds is 4. The Kier molecular flexibility index (Phi) is 5.00. The van der Waals surface area contributed by atoms with E-state index in [-0.39, 0.29) is 5.78 Å². The second-order valence-electron chi connectivity index (χ2n) is 4.66. The van der Waals surface area contributed by atoms with Crippen molar-refractivity contribution in [1.82, 2.24) is 0 Å². The fraction of sp³-hybridized carbons (Fsp3) is 0.235. The quantitative estimate of drug-likeness (QED) is 0.669. The van der Waals surface area contributed by atoms with E-state index in [1.165, 1.54) is 5.56 Å². The highest BCUT2D eigenvalue weighted by Crippen LogP contribution is 2.25. The highest BCUT2D eigenvalue weighted by molar-refractivity contribution is 9.10. The first kappa shape index (κ1) is 15.3. The summed E-state index contributed by atoms with van der Waals surface area (Å²) in [5, 5.41) is 0.611. The van der Waals surface area contributed by atoms with Crippen LogP contribution in [0.15, 0.2) is 40.9 Å². The van der Waals surface area contributed by atoms with E-state index in [2.05, 4.69) is 41.9 Å². The lowest BCUT2D eigenvalue weighted by molar-refractivity contribution is 0.103. The van der Waals surface area contributed by atoms with Crippen LogP contribution < -0.4 is 0 Å². The van der Waals surface area contributed by atoms with Crippen molar-refractivity contribution in [3.05, 3.63) is 68.1 Å². The van der Waals surface area contributed by atoms with Crippen molar-refractivity contribution in [2.24, 2.45) is 0 Å². The van der Waals surface area contributed by atoms with Gasteiger partial charge in [0.2, 0.25) is 0 Å². The third kappa shape index (κ3) is 3.13. The molecule has 0 N–H and O–H groups in total. The standard InChI is InChI=1S/C17H16BrClO/c1-3-11-5-6-12(4-2)14(9-11)17(20)13-7-8-16(19)15(18)10-13/h5-10H,3-4H2,1-2H3. The molecular weight excluding hydrogens is 336 g/mol. The van der Waals surface area contributed by atoms with Crippen molar-refractivity contribution >= 4 is 33.3 Å². The summed E-state index contributed by atoms with van der Waals surface area (Å²) in [6, 6.07) is 11.4. The van der Waals surface area contributed by atoms with E-state index in [4.69, 9.17) is 11.6 Å². The predicted molar refractivity (Wildman–Crippen MR) is 87.8 cm³/mol. The van der Waals surface area contributed by atoms with Gasteiger partial charge in [0.15, 0.2) is 5.78 Å². The minimum absolute atomic E-state index is 0.0505. The maximum Gasteiger partial charge on any atom is 0.193 e. The summed E-state index contributed by atoms with van der Waals surface area (Å²) in [5.41, 5.74) is 3.71. The van der Waals surface area contributed by atoms with Crippen LogP contribution in [0.3, 0.4) is 0 Å². The van der Waals surface area contributed by atoms with Crippen molar-refractivity contribution in [3.63, 3.8) is 0 Å². The predicted octanol–water partition coefficient (Wildman–Crippen LogP) is 5.46. The Morgan fingerprint density at radius 1 is 1.10 bits per heavy atom. The number of ketones is 1. The Morgan fingerprint density at radius 3 is 2.45 bits per heavy atom. The Morgan fingerprint density at radius 2 is 1.85 bits per heavy atom. The fourth-order valence-electron chi connectivity index (χ4n) is 2.16. The van der Waals surface area contributed by atoms with Gasteiger partial charge in [0, 0.05) is 15.6 Å². The lowest BCUT2D eigenvalue weighted by Crippen LogP contribution is -2.06. The lowest BCUT2D eigenvalue weighted by Gasteiger charge is -2.10. The highest BCUT2D eigenvalue weighted by Gasteiger charge is 2.14. The highest BCUT2D eigenvalue weighted by atomic mass is 79.9. The maximum absolute atomic E-state index is 12.7. The zero-order chi connectivity index (χ0) is 14.7. The molecule has 0 aliphatic rings. The molecule has 0 amide bonds. The molecule has 0 fully saturated rings. The van der Waals surface area contributed by atoms with Crippen LogP contribution in [0.2, 0.25) is 5.02 Å². The van der Waals surface area contributed by atoms with Gasteiger partial charge in [-0.3, -0.25) is 4.79 Å². The van der Waals surface area contributed by atoms with Crippen LogP contribution in [0.5, 0.6) is 0 Å². The van der Waals surface area contributed by atoms with Gasteiger partial charge in [0.1, 0.15) is 0 Å². The lowest BCUT2D eigenvalue weighted by atomic mass is 9.94. The molecule has 0 aromatic heterocycles. The molecule has 0 unspecified atom stereocenters. The van der Waals surface area contributed by atoms with Crippen molar-refractivity contribution in [1.29, 1.82) is 0 Å². The molecule has 0 heterocycles. The van der Waals surface area contributed by atoms with Gasteiger partial charge < -0.3 is 0 Å². The third-order valence-corrected chi connectivity index (χ3v) is 4.60. The Bertz CT molecular complexity index is 649. The molecule has 3 heteroatoms. The normalized spacial score (nSPS) is 10.6. The van der Waals surface area contributed by atoms with Gasteiger partial charge in [0.25, 0.3) is 0 Å². The molecule has 0 radical (unpaired) electrons. The number of hydrogen-bond acceptors (Lipinski definition) is 1. The molecule has 2 aromatic rings. The van der Waals surface area contributed by atoms with Gasteiger partial charge >= 0.3 is 0 Å². The van der Waals surface area contributed by atoms with Crippen LogP contribution in [0, 0.1) is 0 Å². The maximum atomic E-state index is 12.7. The first-order valence-corrected chi connectivity index (χ1v) is 7.85. The average Bonchev–Trinajstić information content (AvgIpc) is 2.48. The molecule has 104 valence electrons. The van der Waals surface area contributed by atoms with Crippen molar-refractivity contribution < 1.29 is 4.79 Å². The molecular formula is C17H16BrClO. The second kappa shape index (κ2) is 6.55. The number of benzene rings is 2. The van der Waals surface area contributed by atoms with Gasteiger partial charge in [-0.15, -0.1) is 0 Å². The van der Waals surface area contributed by atoms with Gasteiger partial charge in [0.05, 0.1) is 5.02 Å². The van der Waals surface area contributed by atoms with Crippen LogP contribution in [0.4, 0.5) is 0 Å². The zero-order valence-corrected chi connectivity index (χ0v) is 13.9. The first-order valence-electron chi connectivity index (χ1n) is 6.68. The molecule has 20 heavy (non-hydrogen) atoms. The zero-order valence-electron chi connectivity index (χ0n) is 11.5. The van der Waals surface area contributed by atoms with Crippen molar-refractivity contribution in [3.8, 4) is 0 Å². The molecule has 0 atom stereocenters. The number of carbonyl (C=O) groups excluding carboxylic acids is 1. The van der Waals surface area contributed by atoms with E-state index in [0.29, 0.717) is 10.6 Å². The van der Waals surface area contributed by atoms with Gasteiger partial charge in [-0.1, -0.05) is 37.6 Å². The van der Waals surface area contributed by atoms with E-state index in [9.17, 15) is 4.79 Å². The second-order valence-corrected chi connectivity index (χ2v) is 5.92. The van der Waals surface area contributed by atoms with Crippen LogP contribution in [-0.4, -0.2) is 5.78 Å². The van der Waals surface area contributed by atoms with E-state index < -0.39 is 0 Å². The van der Waals surface area contributed by atoms with Crippen molar-refractivity contribution in [2.45, 2.75) is 26.7 Å². The number of carbonyl (C=O) groups is 1. The largest absolute Gasteiger partial charge is 0.289 e. The Balaban J connectivity index is 2.48. The molecule has 0 saturated carbocycles. The van der Waals surface area contributed by atoms with E-state index >= 15 is 0 Å². The van der Waals surface area contributed by atoms with Crippen LogP contribution in [-0.2, 0) is 12.8 Å². The summed E-state index contributed by atoms with van der Waals surface area (Å²) in [5.74, 6) is 0.0505. The summed E-state index contributed by atoms with van der Waals surface area (Å²) < 4.78 is 0.745. The van der Waals surface area contributed by atoms with E-state index in [0.717, 1.165) is 28.4 Å². The van der Waals surface area contributed by atoms with E-state index in [1.807, 2.05) is 6.07 Å². The van der Waals surface area contributed by atoms with Gasteiger partial charge in [-0.2, -0.15) is 0 Å². The first-order chi connectivity index (χ1) is 9.56. The van der Waals surface area contributed by atoms with Gasteiger partial charge in [-0.25, -0.2) is 0 Å².